The second-order valence-corrected chi connectivity index (χ2v) is 12.6. The number of allylic oxidation sites excluding steroid dienone is 1. The van der Waals surface area contributed by atoms with Gasteiger partial charge in [-0.25, -0.2) is 9.79 Å². The normalized spacial score (nSPS) is 15.0. The second kappa shape index (κ2) is 12.9. The minimum absolute atomic E-state index is 0.251. The van der Waals surface area contributed by atoms with E-state index in [4.69, 9.17) is 32.7 Å². The van der Waals surface area contributed by atoms with Gasteiger partial charge in [-0.1, -0.05) is 70.9 Å². The molecule has 10 heteroatoms. The van der Waals surface area contributed by atoms with Gasteiger partial charge in [-0.15, -0.1) is 11.8 Å². The number of carbonyl (C=O) groups excluding carboxylic acids is 1. The molecule has 1 atom stereocenters. The summed E-state index contributed by atoms with van der Waals surface area (Å²) in [5, 5.41) is 0.933. The van der Waals surface area contributed by atoms with Crippen LogP contribution in [0.2, 0.25) is 10.0 Å². The van der Waals surface area contributed by atoms with Crippen molar-refractivity contribution < 1.29 is 14.3 Å². The van der Waals surface area contributed by atoms with Crippen LogP contribution in [0.25, 0.3) is 6.08 Å². The third-order valence-corrected chi connectivity index (χ3v) is 9.07. The molecular weight excluding hydrogens is 611 g/mol. The van der Waals surface area contributed by atoms with Crippen LogP contribution in [0.3, 0.4) is 0 Å². The maximum absolute atomic E-state index is 14.0. The van der Waals surface area contributed by atoms with E-state index in [1.54, 1.807) is 55.3 Å². The van der Waals surface area contributed by atoms with Gasteiger partial charge in [-0.05, 0) is 74.6 Å². The molecule has 0 radical (unpaired) electrons. The fraction of sp³-hybridized carbons (Fsp3) is 0.219. The molecule has 0 bridgehead atoms. The quantitative estimate of drug-likeness (QED) is 0.157. The highest BCUT2D eigenvalue weighted by atomic mass is 35.5. The third-order valence-electron chi connectivity index (χ3n) is 6.60. The van der Waals surface area contributed by atoms with E-state index in [1.165, 1.54) is 11.3 Å². The molecule has 4 aromatic rings. The summed E-state index contributed by atoms with van der Waals surface area (Å²) in [6, 6.07) is 20.0. The van der Waals surface area contributed by atoms with Gasteiger partial charge in [0.2, 0.25) is 0 Å². The molecule has 1 aliphatic rings. The predicted octanol–water partition coefficient (Wildman–Crippen LogP) is 6.79. The number of ether oxygens (including phenoxy) is 2. The molecule has 1 aliphatic heterocycles. The van der Waals surface area contributed by atoms with E-state index in [1.807, 2.05) is 60.9 Å². The molecule has 3 aromatic carbocycles. The first-order chi connectivity index (χ1) is 20.2. The lowest BCUT2D eigenvalue weighted by molar-refractivity contribution is -0.143. The molecule has 0 saturated heterocycles. The Balaban J connectivity index is 1.58. The van der Waals surface area contributed by atoms with Gasteiger partial charge in [-0.2, -0.15) is 0 Å². The average Bonchev–Trinajstić information content (AvgIpc) is 3.27. The molecule has 6 nitrogen and oxygen atoms in total. The number of para-hydroxylation sites is 1. The van der Waals surface area contributed by atoms with E-state index in [9.17, 15) is 9.59 Å². The Morgan fingerprint density at radius 2 is 1.83 bits per heavy atom. The smallest absolute Gasteiger partial charge is 0.338 e. The molecule has 5 rings (SSSR count). The van der Waals surface area contributed by atoms with Crippen molar-refractivity contribution in [2.24, 2.45) is 4.99 Å². The van der Waals surface area contributed by atoms with Crippen molar-refractivity contribution in [3.8, 4) is 5.75 Å². The molecule has 216 valence electrons. The van der Waals surface area contributed by atoms with Crippen molar-refractivity contribution in [2.75, 3.05) is 6.26 Å². The van der Waals surface area contributed by atoms with Crippen molar-refractivity contribution >= 4 is 58.3 Å². The Kier molecular flexibility index (Phi) is 9.28. The van der Waals surface area contributed by atoms with Gasteiger partial charge < -0.3 is 9.47 Å². The summed E-state index contributed by atoms with van der Waals surface area (Å²) in [5.74, 6) is 0.122. The number of thiazole rings is 1. The zero-order chi connectivity index (χ0) is 30.0. The van der Waals surface area contributed by atoms with Crippen LogP contribution in [0.5, 0.6) is 5.75 Å². The number of halogens is 2. The highest BCUT2D eigenvalue weighted by Crippen LogP contribution is 2.32. The summed E-state index contributed by atoms with van der Waals surface area (Å²) in [5.41, 5.74) is 3.03. The van der Waals surface area contributed by atoms with Crippen LogP contribution in [-0.4, -0.2) is 22.9 Å². The van der Waals surface area contributed by atoms with E-state index in [-0.39, 0.29) is 18.3 Å². The van der Waals surface area contributed by atoms with Crippen LogP contribution < -0.4 is 19.6 Å². The fourth-order valence-corrected chi connectivity index (χ4v) is 6.39. The van der Waals surface area contributed by atoms with Gasteiger partial charge in [0.1, 0.15) is 12.4 Å². The Morgan fingerprint density at radius 3 is 2.52 bits per heavy atom. The lowest BCUT2D eigenvalue weighted by Gasteiger charge is -2.25. The predicted molar refractivity (Wildman–Crippen MR) is 170 cm³/mol. The van der Waals surface area contributed by atoms with Crippen molar-refractivity contribution in [1.82, 2.24) is 4.57 Å². The lowest BCUT2D eigenvalue weighted by Crippen LogP contribution is -2.40. The van der Waals surface area contributed by atoms with Gasteiger partial charge in [-0.3, -0.25) is 9.36 Å². The zero-order valence-corrected chi connectivity index (χ0v) is 26.5. The number of nitrogens with zero attached hydrogens (tertiary/aromatic N) is 2. The minimum Gasteiger partial charge on any atom is -0.488 e. The summed E-state index contributed by atoms with van der Waals surface area (Å²) in [6.07, 6.45) is 3.48. The Labute approximate surface area is 261 Å². The molecule has 0 spiro atoms. The number of aromatic nitrogens is 1. The van der Waals surface area contributed by atoms with Crippen molar-refractivity contribution in [2.45, 2.75) is 44.4 Å². The van der Waals surface area contributed by atoms with Gasteiger partial charge in [0, 0.05) is 10.5 Å². The van der Waals surface area contributed by atoms with Gasteiger partial charge >= 0.3 is 5.97 Å². The monoisotopic (exact) mass is 638 g/mol. The summed E-state index contributed by atoms with van der Waals surface area (Å²) in [4.78, 5) is 33.6. The first-order valence-electron chi connectivity index (χ1n) is 13.2. The van der Waals surface area contributed by atoms with Gasteiger partial charge in [0.15, 0.2) is 4.80 Å². The van der Waals surface area contributed by atoms with Crippen LogP contribution in [0.15, 0.2) is 92.7 Å². The van der Waals surface area contributed by atoms with E-state index >= 15 is 0 Å². The van der Waals surface area contributed by atoms with Crippen LogP contribution >= 0.6 is 46.3 Å². The maximum Gasteiger partial charge on any atom is 0.338 e. The van der Waals surface area contributed by atoms with Crippen molar-refractivity contribution in [3.05, 3.63) is 124 Å². The van der Waals surface area contributed by atoms with Crippen LogP contribution in [0, 0.1) is 0 Å². The number of hydrogen-bond donors (Lipinski definition) is 0. The summed E-state index contributed by atoms with van der Waals surface area (Å²) < 4.78 is 13.8. The SMILES string of the molecule is CSc1ccc([C@H]2C(C(=O)OC(C)C)=C(C)N=c3s/c(=C\c4ccccc4OCc4ccc(Cl)c(Cl)c4)c(=O)n32)cc1. The van der Waals surface area contributed by atoms with Crippen LogP contribution in [-0.2, 0) is 16.1 Å². The number of benzene rings is 3. The van der Waals surface area contributed by atoms with Gasteiger partial charge in [0.05, 0.1) is 38.0 Å². The Hall–Kier alpha value is -3.30. The Morgan fingerprint density at radius 1 is 1.10 bits per heavy atom. The molecule has 42 heavy (non-hydrogen) atoms. The standard InChI is InChI=1S/C32H28Cl2N2O4S2/c1-18(2)40-31(38)28-19(3)35-32-36(29(28)21-10-12-23(41-4)13-11-21)30(37)27(42-32)16-22-7-5-6-8-26(22)39-17-20-9-14-24(33)25(34)15-20/h5-16,18,29H,17H2,1-4H3/b27-16-/t29-/m0/s1. The highest BCUT2D eigenvalue weighted by molar-refractivity contribution is 7.98. The molecule has 0 N–H and O–H groups in total. The number of thioether (sulfide) groups is 1. The largest absolute Gasteiger partial charge is 0.488 e. The molecule has 0 unspecified atom stereocenters. The molecule has 0 amide bonds. The van der Waals surface area contributed by atoms with Crippen LogP contribution in [0.4, 0.5) is 0 Å². The van der Waals surface area contributed by atoms with Gasteiger partial charge in [0.25, 0.3) is 5.56 Å². The second-order valence-electron chi connectivity index (χ2n) is 9.88. The highest BCUT2D eigenvalue weighted by Gasteiger charge is 2.33. The maximum atomic E-state index is 14.0. The number of rotatable bonds is 8. The molecule has 1 aromatic heterocycles. The lowest BCUT2D eigenvalue weighted by atomic mass is 9.96. The summed E-state index contributed by atoms with van der Waals surface area (Å²) in [6.45, 7) is 5.65. The molecule has 0 fully saturated rings. The first-order valence-corrected chi connectivity index (χ1v) is 16.0. The summed E-state index contributed by atoms with van der Waals surface area (Å²) >= 11 is 15.1. The number of esters is 1. The number of carbonyl (C=O) groups is 1. The third kappa shape index (κ3) is 6.37. The topological polar surface area (TPSA) is 69.9 Å². The first kappa shape index (κ1) is 30.2. The van der Waals surface area contributed by atoms with E-state index in [0.717, 1.165) is 21.6 Å². The van der Waals surface area contributed by atoms with Crippen molar-refractivity contribution in [3.63, 3.8) is 0 Å². The number of fused-ring (bicyclic) bond motifs is 1. The fourth-order valence-electron chi connectivity index (χ4n) is 4.62. The zero-order valence-electron chi connectivity index (χ0n) is 23.4. The molecular formula is C32H28Cl2N2O4S2. The number of hydrogen-bond acceptors (Lipinski definition) is 7. The van der Waals surface area contributed by atoms with Crippen LogP contribution in [0.1, 0.15) is 43.5 Å². The molecule has 2 heterocycles. The molecule has 0 saturated carbocycles. The van der Waals surface area contributed by atoms with E-state index < -0.39 is 12.0 Å². The summed E-state index contributed by atoms with van der Waals surface area (Å²) in [7, 11) is 0. The Bertz CT molecular complexity index is 1860. The van der Waals surface area contributed by atoms with Crippen molar-refractivity contribution in [1.29, 1.82) is 0 Å². The van der Waals surface area contributed by atoms with E-state index in [0.29, 0.717) is 36.4 Å². The minimum atomic E-state index is -0.674. The average molecular weight is 640 g/mol. The molecule has 0 aliphatic carbocycles. The van der Waals surface area contributed by atoms with E-state index in [2.05, 4.69) is 4.99 Å².